The smallest absolute Gasteiger partial charge is 0.337 e. The lowest BCUT2D eigenvalue weighted by Gasteiger charge is -2.28. The van der Waals surface area contributed by atoms with Crippen molar-refractivity contribution in [3.8, 4) is 0 Å². The number of rotatable bonds is 3. The normalized spacial score (nSPS) is 21.8. The Hall–Kier alpha value is -2.11. The Kier molecular flexibility index (Phi) is 4.22. The number of aromatic nitrogens is 1. The molecule has 1 aliphatic heterocycles. The molecule has 2 amide bonds. The monoisotopic (exact) mass is 277 g/mol. The maximum atomic E-state index is 12.3. The standard InChI is InChI=1S/C14H19N3O3/c1-3-12-5-4-9(2)17(12)14(20)16-11-6-10(13(18)19)7-15-8-11/h6-9,12H,3-5H2,1-2H3,(H,16,20)(H,18,19). The van der Waals surface area contributed by atoms with Gasteiger partial charge in [-0.25, -0.2) is 9.59 Å². The molecule has 1 aromatic heterocycles. The summed E-state index contributed by atoms with van der Waals surface area (Å²) in [4.78, 5) is 28.9. The Morgan fingerprint density at radius 2 is 2.20 bits per heavy atom. The molecular weight excluding hydrogens is 258 g/mol. The summed E-state index contributed by atoms with van der Waals surface area (Å²) in [5.74, 6) is -1.06. The van der Waals surface area contributed by atoms with Crippen molar-refractivity contribution in [1.82, 2.24) is 9.88 Å². The number of carbonyl (C=O) groups excluding carboxylic acids is 1. The summed E-state index contributed by atoms with van der Waals surface area (Å²) in [5.41, 5.74) is 0.466. The van der Waals surface area contributed by atoms with Crippen LogP contribution in [0.4, 0.5) is 10.5 Å². The molecule has 1 saturated heterocycles. The Morgan fingerprint density at radius 3 is 2.85 bits per heavy atom. The predicted molar refractivity (Wildman–Crippen MR) is 74.8 cm³/mol. The van der Waals surface area contributed by atoms with Gasteiger partial charge in [0.25, 0.3) is 0 Å². The predicted octanol–water partition coefficient (Wildman–Crippen LogP) is 2.57. The second kappa shape index (κ2) is 5.90. The minimum atomic E-state index is -1.06. The fraction of sp³-hybridized carbons (Fsp3) is 0.500. The van der Waals surface area contributed by atoms with Crippen molar-refractivity contribution in [3.63, 3.8) is 0 Å². The molecule has 2 unspecified atom stereocenters. The maximum Gasteiger partial charge on any atom is 0.337 e. The first kappa shape index (κ1) is 14.3. The molecule has 0 spiro atoms. The number of hydrogen-bond acceptors (Lipinski definition) is 3. The van der Waals surface area contributed by atoms with Crippen molar-refractivity contribution in [2.24, 2.45) is 0 Å². The van der Waals surface area contributed by atoms with Gasteiger partial charge in [0, 0.05) is 18.3 Å². The quantitative estimate of drug-likeness (QED) is 0.889. The second-order valence-corrected chi connectivity index (χ2v) is 5.09. The van der Waals surface area contributed by atoms with E-state index in [0.717, 1.165) is 19.3 Å². The molecule has 20 heavy (non-hydrogen) atoms. The van der Waals surface area contributed by atoms with Crippen LogP contribution in [-0.4, -0.2) is 39.1 Å². The highest BCUT2D eigenvalue weighted by molar-refractivity contribution is 5.93. The molecular formula is C14H19N3O3. The van der Waals surface area contributed by atoms with Crippen LogP contribution in [0, 0.1) is 0 Å². The molecule has 1 fully saturated rings. The number of urea groups is 1. The van der Waals surface area contributed by atoms with Crippen molar-refractivity contribution in [1.29, 1.82) is 0 Å². The summed E-state index contributed by atoms with van der Waals surface area (Å²) in [6.07, 6.45) is 5.64. The molecule has 2 rings (SSSR count). The van der Waals surface area contributed by atoms with Crippen molar-refractivity contribution in [2.75, 3.05) is 5.32 Å². The van der Waals surface area contributed by atoms with Crippen molar-refractivity contribution in [3.05, 3.63) is 24.0 Å². The summed E-state index contributed by atoms with van der Waals surface area (Å²) >= 11 is 0. The van der Waals surface area contributed by atoms with Crippen molar-refractivity contribution < 1.29 is 14.7 Å². The van der Waals surface area contributed by atoms with Gasteiger partial charge in [-0.2, -0.15) is 0 Å². The van der Waals surface area contributed by atoms with Crippen LogP contribution in [-0.2, 0) is 0 Å². The molecule has 2 heterocycles. The van der Waals surface area contributed by atoms with E-state index in [2.05, 4.69) is 17.2 Å². The number of aromatic carboxylic acids is 1. The van der Waals surface area contributed by atoms with E-state index >= 15 is 0 Å². The first-order chi connectivity index (χ1) is 9.52. The lowest BCUT2D eigenvalue weighted by molar-refractivity contribution is 0.0696. The van der Waals surface area contributed by atoms with Crippen LogP contribution >= 0.6 is 0 Å². The third kappa shape index (κ3) is 2.89. The molecule has 0 saturated carbocycles. The third-order valence-corrected chi connectivity index (χ3v) is 3.73. The average molecular weight is 277 g/mol. The molecule has 6 heteroatoms. The second-order valence-electron chi connectivity index (χ2n) is 5.09. The van der Waals surface area contributed by atoms with Gasteiger partial charge in [0.05, 0.1) is 17.4 Å². The summed E-state index contributed by atoms with van der Waals surface area (Å²) in [7, 11) is 0. The fourth-order valence-electron chi connectivity index (χ4n) is 2.65. The largest absolute Gasteiger partial charge is 0.478 e. The van der Waals surface area contributed by atoms with Crippen LogP contribution in [0.2, 0.25) is 0 Å². The molecule has 108 valence electrons. The lowest BCUT2D eigenvalue weighted by atomic mass is 10.2. The Bertz CT molecular complexity index is 518. The summed E-state index contributed by atoms with van der Waals surface area (Å²) < 4.78 is 0. The number of anilines is 1. The number of carbonyl (C=O) groups is 2. The number of hydrogen-bond donors (Lipinski definition) is 2. The van der Waals surface area contributed by atoms with E-state index in [0.29, 0.717) is 5.69 Å². The molecule has 1 aromatic rings. The summed E-state index contributed by atoms with van der Waals surface area (Å²) in [6, 6.07) is 1.68. The van der Waals surface area contributed by atoms with E-state index in [4.69, 9.17) is 5.11 Å². The van der Waals surface area contributed by atoms with E-state index in [9.17, 15) is 9.59 Å². The molecule has 1 aliphatic rings. The van der Waals surface area contributed by atoms with E-state index in [1.807, 2.05) is 11.8 Å². The molecule has 6 nitrogen and oxygen atoms in total. The maximum absolute atomic E-state index is 12.3. The van der Waals surface area contributed by atoms with E-state index in [1.54, 1.807) is 0 Å². The minimum Gasteiger partial charge on any atom is -0.478 e. The fourth-order valence-corrected chi connectivity index (χ4v) is 2.65. The molecule has 2 atom stereocenters. The zero-order valence-corrected chi connectivity index (χ0v) is 11.7. The van der Waals surface area contributed by atoms with E-state index in [1.165, 1.54) is 18.5 Å². The van der Waals surface area contributed by atoms with Crippen molar-refractivity contribution >= 4 is 17.7 Å². The number of nitrogens with zero attached hydrogens (tertiary/aromatic N) is 2. The van der Waals surface area contributed by atoms with Gasteiger partial charge in [0.15, 0.2) is 0 Å². The van der Waals surface area contributed by atoms with Crippen molar-refractivity contribution in [2.45, 2.75) is 45.2 Å². The highest BCUT2D eigenvalue weighted by Crippen LogP contribution is 2.26. The lowest BCUT2D eigenvalue weighted by Crippen LogP contribution is -2.42. The number of carboxylic acids is 1. The van der Waals surface area contributed by atoms with Crippen LogP contribution in [0.5, 0.6) is 0 Å². The van der Waals surface area contributed by atoms with Gasteiger partial charge >= 0.3 is 12.0 Å². The highest BCUT2D eigenvalue weighted by Gasteiger charge is 2.33. The Morgan fingerprint density at radius 1 is 1.45 bits per heavy atom. The van der Waals surface area contributed by atoms with Crippen LogP contribution in [0.15, 0.2) is 18.5 Å². The van der Waals surface area contributed by atoms with Crippen LogP contribution in [0.25, 0.3) is 0 Å². The van der Waals surface area contributed by atoms with Crippen LogP contribution in [0.1, 0.15) is 43.5 Å². The zero-order chi connectivity index (χ0) is 14.7. The van der Waals surface area contributed by atoms with E-state index < -0.39 is 5.97 Å². The topological polar surface area (TPSA) is 82.5 Å². The van der Waals surface area contributed by atoms with Gasteiger partial charge in [0.2, 0.25) is 0 Å². The van der Waals surface area contributed by atoms with Gasteiger partial charge < -0.3 is 15.3 Å². The number of pyridine rings is 1. The zero-order valence-electron chi connectivity index (χ0n) is 11.7. The molecule has 0 aromatic carbocycles. The van der Waals surface area contributed by atoms with Gasteiger partial charge in [-0.15, -0.1) is 0 Å². The molecule has 0 aliphatic carbocycles. The first-order valence-corrected chi connectivity index (χ1v) is 6.80. The van der Waals surface area contributed by atoms with Crippen LogP contribution in [0.3, 0.4) is 0 Å². The van der Waals surface area contributed by atoms with Gasteiger partial charge in [0.1, 0.15) is 0 Å². The Labute approximate surface area is 117 Å². The minimum absolute atomic E-state index is 0.0595. The Balaban J connectivity index is 2.11. The van der Waals surface area contributed by atoms with Gasteiger partial charge in [-0.3, -0.25) is 4.98 Å². The average Bonchev–Trinajstić information content (AvgIpc) is 2.80. The van der Waals surface area contributed by atoms with Crippen LogP contribution < -0.4 is 5.32 Å². The van der Waals surface area contributed by atoms with Gasteiger partial charge in [-0.05, 0) is 32.3 Å². The summed E-state index contributed by atoms with van der Waals surface area (Å²) in [5, 5.41) is 11.6. The number of likely N-dealkylation sites (tertiary alicyclic amines) is 1. The van der Waals surface area contributed by atoms with E-state index in [-0.39, 0.29) is 23.7 Å². The third-order valence-electron chi connectivity index (χ3n) is 3.73. The SMILES string of the molecule is CCC1CCC(C)N1C(=O)Nc1cncc(C(=O)O)c1. The highest BCUT2D eigenvalue weighted by atomic mass is 16.4. The molecule has 0 bridgehead atoms. The number of carboxylic acid groups (broad SMARTS) is 1. The summed E-state index contributed by atoms with van der Waals surface area (Å²) in [6.45, 7) is 4.09. The number of amides is 2. The molecule has 2 N–H and O–H groups in total. The first-order valence-electron chi connectivity index (χ1n) is 6.80. The molecule has 0 radical (unpaired) electrons. The van der Waals surface area contributed by atoms with Gasteiger partial charge in [-0.1, -0.05) is 6.92 Å². The number of nitrogens with one attached hydrogen (secondary N) is 1.